The van der Waals surface area contributed by atoms with Crippen LogP contribution in [0.1, 0.15) is 31.5 Å². The zero-order valence-electron chi connectivity index (χ0n) is 19.7. The summed E-state index contributed by atoms with van der Waals surface area (Å²) in [7, 11) is -2.23. The van der Waals surface area contributed by atoms with Gasteiger partial charge in [0.15, 0.2) is 0 Å². The number of aromatic amines is 1. The van der Waals surface area contributed by atoms with Crippen molar-refractivity contribution in [2.75, 3.05) is 29.9 Å². The number of carbonyl (C=O) groups is 1. The predicted octanol–water partition coefficient (Wildman–Crippen LogP) is 3.99. The highest BCUT2D eigenvalue weighted by Crippen LogP contribution is 2.43. The molecule has 0 saturated heterocycles. The van der Waals surface area contributed by atoms with Gasteiger partial charge < -0.3 is 20.3 Å². The molecular formula is C22H25ClFN7O4S. The van der Waals surface area contributed by atoms with Crippen LogP contribution in [-0.4, -0.2) is 70.3 Å². The number of hydrogen-bond acceptors (Lipinski definition) is 7. The van der Waals surface area contributed by atoms with E-state index in [0.717, 1.165) is 25.2 Å². The van der Waals surface area contributed by atoms with Crippen molar-refractivity contribution < 1.29 is 22.7 Å². The van der Waals surface area contributed by atoms with Crippen molar-refractivity contribution in [2.45, 2.75) is 31.7 Å². The number of rotatable bonds is 9. The maximum absolute atomic E-state index is 14.5. The summed E-state index contributed by atoms with van der Waals surface area (Å²) in [5, 5.41) is 12.2. The topological polar surface area (TPSA) is 153 Å². The molecule has 2 aromatic heterocycles. The molecule has 3 aromatic rings. The molecule has 1 aliphatic rings. The number of anilines is 2. The lowest BCUT2D eigenvalue weighted by Gasteiger charge is -2.21. The summed E-state index contributed by atoms with van der Waals surface area (Å²) in [6.45, 7) is 2.01. The van der Waals surface area contributed by atoms with Crippen molar-refractivity contribution in [2.24, 2.45) is 0 Å². The van der Waals surface area contributed by atoms with Crippen LogP contribution in [0.5, 0.6) is 0 Å². The van der Waals surface area contributed by atoms with E-state index in [9.17, 15) is 17.6 Å². The monoisotopic (exact) mass is 537 g/mol. The second-order valence-corrected chi connectivity index (χ2v) is 10.8. The van der Waals surface area contributed by atoms with E-state index in [1.165, 1.54) is 24.2 Å². The third-order valence-electron chi connectivity index (χ3n) is 5.70. The summed E-state index contributed by atoms with van der Waals surface area (Å²) in [6.07, 6.45) is 3.33. The highest BCUT2D eigenvalue weighted by molar-refractivity contribution is 7.92. The van der Waals surface area contributed by atoms with Crippen molar-refractivity contribution in [3.63, 3.8) is 0 Å². The summed E-state index contributed by atoms with van der Waals surface area (Å²) < 4.78 is 40.3. The lowest BCUT2D eigenvalue weighted by molar-refractivity contribution is 0.144. The molecule has 1 fully saturated rings. The van der Waals surface area contributed by atoms with E-state index in [1.54, 1.807) is 13.0 Å². The molecule has 0 aliphatic heterocycles. The van der Waals surface area contributed by atoms with E-state index < -0.39 is 21.9 Å². The average molecular weight is 538 g/mol. The standard InChI is InChI=1S/C22H25ClFN7O4S/c1-11(31(2)22(32)33)10-26-21-25-7-6-15(27-21)19-18(28-20(29-19)12-4-5-12)14-8-13(24)9-16(17(14)23)30-36(3,34)35/h6-9,11-12,30H,4-5,10H2,1-3H3,(H,28,29)(H,32,33)(H,25,26,27)/t11-/m0/s1. The van der Waals surface area contributed by atoms with E-state index in [-0.39, 0.29) is 40.7 Å². The van der Waals surface area contributed by atoms with Crippen LogP contribution < -0.4 is 10.0 Å². The van der Waals surface area contributed by atoms with Gasteiger partial charge in [0.25, 0.3) is 0 Å². The fourth-order valence-corrected chi connectivity index (χ4v) is 4.37. The first-order valence-corrected chi connectivity index (χ1v) is 13.3. The van der Waals surface area contributed by atoms with Crippen molar-refractivity contribution in [1.82, 2.24) is 24.8 Å². The highest BCUT2D eigenvalue weighted by Gasteiger charge is 2.30. The van der Waals surface area contributed by atoms with E-state index >= 15 is 0 Å². The average Bonchev–Trinajstić information content (AvgIpc) is 3.56. The van der Waals surface area contributed by atoms with E-state index in [4.69, 9.17) is 16.7 Å². The number of hydrogen-bond donors (Lipinski definition) is 4. The quantitative estimate of drug-likeness (QED) is 0.319. The minimum absolute atomic E-state index is 0.00476. The number of benzene rings is 1. The number of nitrogens with one attached hydrogen (secondary N) is 3. The lowest BCUT2D eigenvalue weighted by atomic mass is 10.1. The molecule has 0 spiro atoms. The maximum Gasteiger partial charge on any atom is 0.407 e. The first-order chi connectivity index (χ1) is 16.9. The fourth-order valence-electron chi connectivity index (χ4n) is 3.51. The van der Waals surface area contributed by atoms with Gasteiger partial charge in [0, 0.05) is 37.3 Å². The second kappa shape index (κ2) is 9.90. The highest BCUT2D eigenvalue weighted by atomic mass is 35.5. The van der Waals surface area contributed by atoms with Crippen LogP contribution >= 0.6 is 11.6 Å². The minimum Gasteiger partial charge on any atom is -0.465 e. The zero-order chi connectivity index (χ0) is 26.2. The Labute approximate surface area is 212 Å². The molecule has 4 rings (SSSR count). The molecule has 192 valence electrons. The largest absolute Gasteiger partial charge is 0.465 e. The van der Waals surface area contributed by atoms with Crippen LogP contribution in [0, 0.1) is 5.82 Å². The van der Waals surface area contributed by atoms with Gasteiger partial charge in [-0.2, -0.15) is 0 Å². The van der Waals surface area contributed by atoms with Crippen molar-refractivity contribution >= 4 is 39.4 Å². The van der Waals surface area contributed by atoms with Crippen LogP contribution in [-0.2, 0) is 10.0 Å². The molecule has 0 radical (unpaired) electrons. The molecule has 1 aromatic carbocycles. The van der Waals surface area contributed by atoms with Crippen LogP contribution in [0.25, 0.3) is 22.6 Å². The lowest BCUT2D eigenvalue weighted by Crippen LogP contribution is -2.38. The minimum atomic E-state index is -3.70. The molecule has 4 N–H and O–H groups in total. The van der Waals surface area contributed by atoms with Crippen LogP contribution in [0.2, 0.25) is 5.02 Å². The molecule has 2 heterocycles. The molecule has 1 atom stereocenters. The number of imidazole rings is 1. The summed E-state index contributed by atoms with van der Waals surface area (Å²) in [6, 6.07) is 3.50. The Hall–Kier alpha value is -3.45. The SMILES string of the molecule is C[C@@H](CNc1nccc(-c2[nH]c(C3CC3)nc2-c2cc(F)cc(NS(C)(=O)=O)c2Cl)n1)N(C)C(=O)O. The molecule has 1 aliphatic carbocycles. The van der Waals surface area contributed by atoms with E-state index in [0.29, 0.717) is 22.9 Å². The first kappa shape index (κ1) is 25.6. The van der Waals surface area contributed by atoms with Gasteiger partial charge in [-0.25, -0.2) is 32.6 Å². The van der Waals surface area contributed by atoms with Crippen molar-refractivity contribution in [3.8, 4) is 22.6 Å². The molecule has 0 unspecified atom stereocenters. The first-order valence-electron chi connectivity index (χ1n) is 11.0. The molecule has 0 bridgehead atoms. The number of halogens is 2. The Morgan fingerprint density at radius 3 is 2.72 bits per heavy atom. The van der Waals surface area contributed by atoms with Crippen molar-refractivity contribution in [1.29, 1.82) is 0 Å². The van der Waals surface area contributed by atoms with Gasteiger partial charge in [0.2, 0.25) is 16.0 Å². The second-order valence-electron chi connectivity index (χ2n) is 8.70. The van der Waals surface area contributed by atoms with Gasteiger partial charge in [0.05, 0.1) is 34.0 Å². The normalized spacial score (nSPS) is 14.4. The molecule has 14 heteroatoms. The Morgan fingerprint density at radius 2 is 2.08 bits per heavy atom. The van der Waals surface area contributed by atoms with Gasteiger partial charge in [-0.3, -0.25) is 4.72 Å². The molecule has 36 heavy (non-hydrogen) atoms. The smallest absolute Gasteiger partial charge is 0.407 e. The van der Waals surface area contributed by atoms with Gasteiger partial charge in [0.1, 0.15) is 11.6 Å². The predicted molar refractivity (Wildman–Crippen MR) is 134 cm³/mol. The van der Waals surface area contributed by atoms with Crippen LogP contribution in [0.4, 0.5) is 20.8 Å². The third-order valence-corrected chi connectivity index (χ3v) is 6.70. The maximum atomic E-state index is 14.5. The van der Waals surface area contributed by atoms with Crippen molar-refractivity contribution in [3.05, 3.63) is 41.1 Å². The molecule has 1 saturated carbocycles. The Kier molecular flexibility index (Phi) is 7.05. The Morgan fingerprint density at radius 1 is 1.36 bits per heavy atom. The number of nitrogens with zero attached hydrogens (tertiary/aromatic N) is 4. The molecular weight excluding hydrogens is 513 g/mol. The molecule has 1 amide bonds. The fraction of sp³-hybridized carbons (Fsp3) is 0.364. The van der Waals surface area contributed by atoms with Crippen LogP contribution in [0.3, 0.4) is 0 Å². The number of sulfonamides is 1. The Balaban J connectivity index is 1.73. The van der Waals surface area contributed by atoms with E-state index in [1.807, 2.05) is 0 Å². The number of carboxylic acid groups (broad SMARTS) is 1. The van der Waals surface area contributed by atoms with E-state index in [2.05, 4.69) is 30.0 Å². The number of H-pyrrole nitrogens is 1. The third kappa shape index (κ3) is 5.85. The summed E-state index contributed by atoms with van der Waals surface area (Å²) in [5.41, 5.74) is 1.33. The summed E-state index contributed by atoms with van der Waals surface area (Å²) >= 11 is 6.51. The number of amides is 1. The summed E-state index contributed by atoms with van der Waals surface area (Å²) in [4.78, 5) is 29.0. The number of aromatic nitrogens is 4. The van der Waals surface area contributed by atoms with Gasteiger partial charge in [-0.15, -0.1) is 0 Å². The zero-order valence-corrected chi connectivity index (χ0v) is 21.3. The van der Waals surface area contributed by atoms with Gasteiger partial charge in [-0.05, 0) is 38.0 Å². The molecule has 11 nitrogen and oxygen atoms in total. The summed E-state index contributed by atoms with van der Waals surface area (Å²) in [5.74, 6) is 0.494. The van der Waals surface area contributed by atoms with Crippen LogP contribution in [0.15, 0.2) is 24.4 Å². The Bertz CT molecular complexity index is 1410. The number of likely N-dealkylation sites (N-methyl/N-ethyl adjacent to an activating group) is 1. The van der Waals surface area contributed by atoms with Gasteiger partial charge in [-0.1, -0.05) is 11.6 Å². The van der Waals surface area contributed by atoms with Gasteiger partial charge >= 0.3 is 6.09 Å².